The van der Waals surface area contributed by atoms with E-state index in [9.17, 15) is 0 Å². The second-order valence-corrected chi connectivity index (χ2v) is 3.91. The Hall–Kier alpha value is -0.560. The summed E-state index contributed by atoms with van der Waals surface area (Å²) in [7, 11) is 0. The summed E-state index contributed by atoms with van der Waals surface area (Å²) >= 11 is 1.38. The quantitative estimate of drug-likeness (QED) is 0.534. The lowest BCUT2D eigenvalue weighted by atomic mass is 9.99. The standard InChI is InChI=1S/C7H12N4OS/c8-10-7(5-1-2-12-4-5)6-3-9-11-13-6/h3,5,7,10H,1-2,4,8H2. The zero-order chi connectivity index (χ0) is 9.10. The average molecular weight is 200 g/mol. The number of hydrazine groups is 1. The van der Waals surface area contributed by atoms with Crippen LogP contribution in [0.15, 0.2) is 6.20 Å². The number of nitrogens with zero attached hydrogens (tertiary/aromatic N) is 2. The minimum absolute atomic E-state index is 0.141. The van der Waals surface area contributed by atoms with Gasteiger partial charge in [0, 0.05) is 12.5 Å². The van der Waals surface area contributed by atoms with E-state index >= 15 is 0 Å². The molecular formula is C7H12N4OS. The molecule has 0 amide bonds. The summed E-state index contributed by atoms with van der Waals surface area (Å²) < 4.78 is 9.12. The monoisotopic (exact) mass is 200 g/mol. The highest BCUT2D eigenvalue weighted by Crippen LogP contribution is 2.29. The number of ether oxygens (including phenoxy) is 1. The number of nitrogens with one attached hydrogen (secondary N) is 1. The number of rotatable bonds is 3. The molecule has 0 spiro atoms. The SMILES string of the molecule is NNC(c1cnns1)C1CCOC1. The molecule has 1 aromatic heterocycles. The lowest BCUT2D eigenvalue weighted by molar-refractivity contribution is 0.177. The molecule has 0 saturated carbocycles. The molecule has 1 aliphatic rings. The summed E-state index contributed by atoms with van der Waals surface area (Å²) in [6.45, 7) is 1.60. The van der Waals surface area contributed by atoms with Crippen molar-refractivity contribution in [1.29, 1.82) is 0 Å². The summed E-state index contributed by atoms with van der Waals surface area (Å²) in [6.07, 6.45) is 2.81. The molecule has 2 heterocycles. The Bertz CT molecular complexity index is 247. The second-order valence-electron chi connectivity index (χ2n) is 3.09. The largest absolute Gasteiger partial charge is 0.381 e. The molecular weight excluding hydrogens is 188 g/mol. The molecule has 0 aromatic carbocycles. The fourth-order valence-electron chi connectivity index (χ4n) is 1.58. The van der Waals surface area contributed by atoms with E-state index in [1.807, 2.05) is 0 Å². The lowest BCUT2D eigenvalue weighted by Gasteiger charge is -2.18. The fraction of sp³-hybridized carbons (Fsp3) is 0.714. The molecule has 1 aliphatic heterocycles. The molecule has 1 saturated heterocycles. The van der Waals surface area contributed by atoms with Crippen molar-refractivity contribution in [3.63, 3.8) is 0 Å². The van der Waals surface area contributed by atoms with Crippen LogP contribution < -0.4 is 11.3 Å². The van der Waals surface area contributed by atoms with Crippen LogP contribution in [0.4, 0.5) is 0 Å². The molecule has 3 N–H and O–H groups in total. The van der Waals surface area contributed by atoms with Crippen molar-refractivity contribution >= 4 is 11.5 Å². The maximum atomic E-state index is 5.49. The zero-order valence-corrected chi connectivity index (χ0v) is 7.96. The van der Waals surface area contributed by atoms with Gasteiger partial charge in [-0.2, -0.15) is 0 Å². The Morgan fingerprint density at radius 1 is 1.77 bits per heavy atom. The first-order valence-corrected chi connectivity index (χ1v) is 5.00. The van der Waals surface area contributed by atoms with Crippen molar-refractivity contribution < 1.29 is 4.74 Å². The number of aromatic nitrogens is 2. The molecule has 2 unspecified atom stereocenters. The van der Waals surface area contributed by atoms with E-state index in [4.69, 9.17) is 10.6 Å². The van der Waals surface area contributed by atoms with Crippen molar-refractivity contribution in [2.45, 2.75) is 12.5 Å². The van der Waals surface area contributed by atoms with Gasteiger partial charge in [0.25, 0.3) is 0 Å². The summed E-state index contributed by atoms with van der Waals surface area (Å²) in [6, 6.07) is 0.141. The molecule has 0 aliphatic carbocycles. The van der Waals surface area contributed by atoms with E-state index in [0.29, 0.717) is 5.92 Å². The van der Waals surface area contributed by atoms with Crippen LogP contribution in [0.25, 0.3) is 0 Å². The van der Waals surface area contributed by atoms with Gasteiger partial charge >= 0.3 is 0 Å². The van der Waals surface area contributed by atoms with Gasteiger partial charge in [-0.15, -0.1) is 5.10 Å². The van der Waals surface area contributed by atoms with E-state index in [2.05, 4.69) is 15.0 Å². The van der Waals surface area contributed by atoms with E-state index < -0.39 is 0 Å². The van der Waals surface area contributed by atoms with Crippen LogP contribution in [0.2, 0.25) is 0 Å². The van der Waals surface area contributed by atoms with E-state index in [1.165, 1.54) is 11.5 Å². The minimum atomic E-state index is 0.141. The van der Waals surface area contributed by atoms with Gasteiger partial charge in [0.2, 0.25) is 0 Å². The highest BCUT2D eigenvalue weighted by atomic mass is 32.1. The maximum Gasteiger partial charge on any atom is 0.0670 e. The van der Waals surface area contributed by atoms with Crippen molar-refractivity contribution in [1.82, 2.24) is 15.0 Å². The van der Waals surface area contributed by atoms with Crippen LogP contribution in [-0.4, -0.2) is 22.8 Å². The topological polar surface area (TPSA) is 73.1 Å². The van der Waals surface area contributed by atoms with Crippen LogP contribution in [0, 0.1) is 5.92 Å². The maximum absolute atomic E-state index is 5.49. The molecule has 6 heteroatoms. The van der Waals surface area contributed by atoms with Crippen LogP contribution in [0.3, 0.4) is 0 Å². The number of hydrogen-bond acceptors (Lipinski definition) is 6. The van der Waals surface area contributed by atoms with E-state index in [1.54, 1.807) is 6.20 Å². The number of nitrogens with two attached hydrogens (primary N) is 1. The summed E-state index contributed by atoms with van der Waals surface area (Å²) in [5.41, 5.74) is 2.80. The Kier molecular flexibility index (Phi) is 2.84. The van der Waals surface area contributed by atoms with Crippen molar-refractivity contribution in [2.24, 2.45) is 11.8 Å². The summed E-state index contributed by atoms with van der Waals surface area (Å²) in [4.78, 5) is 1.08. The Morgan fingerprint density at radius 3 is 3.23 bits per heavy atom. The molecule has 1 fully saturated rings. The van der Waals surface area contributed by atoms with Crippen molar-refractivity contribution in [2.75, 3.05) is 13.2 Å². The molecule has 5 nitrogen and oxygen atoms in total. The van der Waals surface area contributed by atoms with Gasteiger partial charge < -0.3 is 4.74 Å². The third-order valence-electron chi connectivity index (χ3n) is 2.30. The van der Waals surface area contributed by atoms with Crippen molar-refractivity contribution in [3.8, 4) is 0 Å². The Labute approximate surface area is 80.4 Å². The highest BCUT2D eigenvalue weighted by Gasteiger charge is 2.27. The third kappa shape index (κ3) is 1.86. The van der Waals surface area contributed by atoms with Crippen LogP contribution in [0.1, 0.15) is 17.3 Å². The van der Waals surface area contributed by atoms with Gasteiger partial charge in [-0.3, -0.25) is 11.3 Å². The van der Waals surface area contributed by atoms with E-state index in [0.717, 1.165) is 24.5 Å². The lowest BCUT2D eigenvalue weighted by Crippen LogP contribution is -2.33. The predicted molar refractivity (Wildman–Crippen MR) is 48.9 cm³/mol. The summed E-state index contributed by atoms with van der Waals surface area (Å²) in [5.74, 6) is 5.94. The third-order valence-corrected chi connectivity index (χ3v) is 3.05. The first-order valence-electron chi connectivity index (χ1n) is 4.23. The molecule has 2 rings (SSSR count). The molecule has 2 atom stereocenters. The van der Waals surface area contributed by atoms with Gasteiger partial charge in [-0.1, -0.05) is 4.49 Å². The van der Waals surface area contributed by atoms with Gasteiger partial charge in [0.05, 0.1) is 23.7 Å². The minimum Gasteiger partial charge on any atom is -0.381 e. The molecule has 0 radical (unpaired) electrons. The molecule has 0 bridgehead atoms. The van der Waals surface area contributed by atoms with Gasteiger partial charge in [0.15, 0.2) is 0 Å². The van der Waals surface area contributed by atoms with Gasteiger partial charge in [-0.25, -0.2) is 0 Å². The fourth-order valence-corrected chi connectivity index (χ4v) is 2.23. The smallest absolute Gasteiger partial charge is 0.0670 e. The van der Waals surface area contributed by atoms with Crippen LogP contribution in [0.5, 0.6) is 0 Å². The summed E-state index contributed by atoms with van der Waals surface area (Å²) in [5, 5.41) is 3.79. The van der Waals surface area contributed by atoms with E-state index in [-0.39, 0.29) is 6.04 Å². The average Bonchev–Trinajstić information content (AvgIpc) is 2.76. The molecule has 1 aromatic rings. The van der Waals surface area contributed by atoms with Crippen molar-refractivity contribution in [3.05, 3.63) is 11.1 Å². The van der Waals surface area contributed by atoms with Gasteiger partial charge in [0.1, 0.15) is 0 Å². The Balaban J connectivity index is 2.08. The predicted octanol–water partition coefficient (Wildman–Crippen LogP) is 0.0790. The Morgan fingerprint density at radius 2 is 2.69 bits per heavy atom. The second kappa shape index (κ2) is 4.10. The number of hydrogen-bond donors (Lipinski definition) is 2. The first-order chi connectivity index (χ1) is 6.42. The normalized spacial score (nSPS) is 24.8. The zero-order valence-electron chi connectivity index (χ0n) is 7.14. The first kappa shape index (κ1) is 9.01. The highest BCUT2D eigenvalue weighted by molar-refractivity contribution is 7.05. The van der Waals surface area contributed by atoms with Gasteiger partial charge in [-0.05, 0) is 18.0 Å². The van der Waals surface area contributed by atoms with Crippen LogP contribution >= 0.6 is 11.5 Å². The van der Waals surface area contributed by atoms with Crippen LogP contribution in [-0.2, 0) is 4.74 Å². The molecule has 13 heavy (non-hydrogen) atoms. The molecule has 72 valence electrons.